The van der Waals surface area contributed by atoms with Gasteiger partial charge in [-0.3, -0.25) is 4.99 Å². The highest BCUT2D eigenvalue weighted by atomic mass is 35.5. The van der Waals surface area contributed by atoms with Crippen molar-refractivity contribution >= 4 is 23.8 Å². The molecule has 8 nitrogen and oxygen atoms in total. The number of nitrogens with one attached hydrogen (secondary N) is 5. The van der Waals surface area contributed by atoms with E-state index < -0.39 is 0 Å². The predicted octanol–water partition coefficient (Wildman–Crippen LogP) is 1.72. The Balaban J connectivity index is 1.44. The molecule has 0 aromatic heterocycles. The van der Waals surface area contributed by atoms with E-state index in [1.54, 1.807) is 26.5 Å². The van der Waals surface area contributed by atoms with E-state index in [-0.39, 0.29) is 36.7 Å². The van der Waals surface area contributed by atoms with Gasteiger partial charge in [-0.1, -0.05) is 11.6 Å². The minimum Gasteiger partial charge on any atom is -0.367 e. The van der Waals surface area contributed by atoms with E-state index in [9.17, 15) is 9.18 Å². The lowest BCUT2D eigenvalue weighted by Gasteiger charge is -2.34. The molecule has 3 unspecified atom stereocenters. The van der Waals surface area contributed by atoms with Crippen molar-refractivity contribution in [1.82, 2.24) is 31.5 Å². The van der Waals surface area contributed by atoms with Gasteiger partial charge in [0.25, 0.3) is 0 Å². The van der Waals surface area contributed by atoms with Gasteiger partial charge in [0.1, 0.15) is 17.8 Å². The molecule has 30 heavy (non-hydrogen) atoms. The van der Waals surface area contributed by atoms with Crippen LogP contribution in [0.2, 0.25) is 0 Å². The van der Waals surface area contributed by atoms with Crippen LogP contribution >= 0.6 is 11.6 Å². The molecule has 0 aromatic rings. The van der Waals surface area contributed by atoms with E-state index in [0.717, 1.165) is 36.8 Å². The SMILES string of the molecule is CN(C)C(=O)NC1CCCC(NC2=C(F)CNC(=C3C=NC4NC=C(Cl)C=C34)N2)C1. The number of carbonyl (C=O) groups is 1. The first kappa shape index (κ1) is 20.6. The third-order valence-electron chi connectivity index (χ3n) is 5.60. The standard InChI is InChI=1S/C20H27ClFN7O/c1-29(2)20(30)27-13-5-3-4-12(7-13)26-19-16(22)10-25-18(28-19)15-9-24-17-14(15)6-11(21)8-23-17/h6,8-9,12-13,17,23,25-26,28H,3-5,7,10H2,1-2H3,(H,27,30). The summed E-state index contributed by atoms with van der Waals surface area (Å²) in [6, 6.07) is 0.0430. The third kappa shape index (κ3) is 4.40. The van der Waals surface area contributed by atoms with E-state index in [0.29, 0.717) is 16.7 Å². The fraction of sp³-hybridized carbons (Fsp3) is 0.500. The molecule has 4 rings (SSSR count). The first-order valence-corrected chi connectivity index (χ1v) is 10.5. The average molecular weight is 436 g/mol. The molecule has 0 radical (unpaired) electrons. The number of carbonyl (C=O) groups excluding carboxylic acids is 1. The Morgan fingerprint density at radius 3 is 2.93 bits per heavy atom. The summed E-state index contributed by atoms with van der Waals surface area (Å²) in [7, 11) is 3.44. The van der Waals surface area contributed by atoms with Crippen molar-refractivity contribution in [2.24, 2.45) is 4.99 Å². The number of amides is 2. The van der Waals surface area contributed by atoms with Crippen LogP contribution in [0.25, 0.3) is 0 Å². The lowest BCUT2D eigenvalue weighted by Crippen LogP contribution is -2.49. The number of halogens is 2. The molecule has 3 heterocycles. The number of hydrogen-bond donors (Lipinski definition) is 5. The highest BCUT2D eigenvalue weighted by Crippen LogP contribution is 2.29. The van der Waals surface area contributed by atoms with Gasteiger partial charge in [0, 0.05) is 49.7 Å². The fourth-order valence-corrected chi connectivity index (χ4v) is 4.21. The van der Waals surface area contributed by atoms with Crippen molar-refractivity contribution in [3.05, 3.63) is 45.9 Å². The van der Waals surface area contributed by atoms with Gasteiger partial charge in [0.2, 0.25) is 0 Å². The summed E-state index contributed by atoms with van der Waals surface area (Å²) in [4.78, 5) is 17.9. The second-order valence-corrected chi connectivity index (χ2v) is 8.51. The first-order chi connectivity index (χ1) is 14.4. The number of allylic oxidation sites excluding steroid dienone is 2. The molecule has 0 bridgehead atoms. The minimum absolute atomic E-state index is 0.0711. The largest absolute Gasteiger partial charge is 0.367 e. The van der Waals surface area contributed by atoms with Gasteiger partial charge >= 0.3 is 6.03 Å². The summed E-state index contributed by atoms with van der Waals surface area (Å²) >= 11 is 6.13. The quantitative estimate of drug-likeness (QED) is 0.465. The van der Waals surface area contributed by atoms with Gasteiger partial charge in [0.05, 0.1) is 11.6 Å². The molecule has 1 aliphatic carbocycles. The number of aliphatic imine (C=N–C) groups is 1. The van der Waals surface area contributed by atoms with Gasteiger partial charge in [0.15, 0.2) is 5.83 Å². The number of fused-ring (bicyclic) bond motifs is 1. The second-order valence-electron chi connectivity index (χ2n) is 8.07. The highest BCUT2D eigenvalue weighted by molar-refractivity contribution is 6.31. The van der Waals surface area contributed by atoms with Crippen molar-refractivity contribution < 1.29 is 9.18 Å². The summed E-state index contributed by atoms with van der Waals surface area (Å²) in [5, 5.41) is 16.3. The van der Waals surface area contributed by atoms with E-state index in [4.69, 9.17) is 11.6 Å². The smallest absolute Gasteiger partial charge is 0.317 e. The van der Waals surface area contributed by atoms with Crippen LogP contribution < -0.4 is 26.6 Å². The Morgan fingerprint density at radius 1 is 1.33 bits per heavy atom. The average Bonchev–Trinajstić information content (AvgIpc) is 3.13. The van der Waals surface area contributed by atoms with Crippen LogP contribution in [0.5, 0.6) is 0 Å². The maximum Gasteiger partial charge on any atom is 0.317 e. The summed E-state index contributed by atoms with van der Waals surface area (Å²) in [5.74, 6) is 0.778. The number of hydrogen-bond acceptors (Lipinski definition) is 6. The summed E-state index contributed by atoms with van der Waals surface area (Å²) in [5.41, 5.74) is 1.79. The lowest BCUT2D eigenvalue weighted by atomic mass is 9.91. The molecule has 1 saturated carbocycles. The highest BCUT2D eigenvalue weighted by Gasteiger charge is 2.30. The van der Waals surface area contributed by atoms with Crippen molar-refractivity contribution in [2.75, 3.05) is 20.6 Å². The van der Waals surface area contributed by atoms with E-state index in [1.165, 1.54) is 4.90 Å². The van der Waals surface area contributed by atoms with Gasteiger partial charge in [-0.15, -0.1) is 0 Å². The summed E-state index contributed by atoms with van der Waals surface area (Å²) in [6.45, 7) is 0.0878. The molecular weight excluding hydrogens is 409 g/mol. The summed E-state index contributed by atoms with van der Waals surface area (Å²) in [6.07, 6.45) is 8.72. The Labute approximate surface area is 180 Å². The zero-order valence-electron chi connectivity index (χ0n) is 17.1. The third-order valence-corrected chi connectivity index (χ3v) is 5.82. The Bertz CT molecular complexity index is 876. The molecular formula is C20H27ClFN7O. The molecule has 5 N–H and O–H groups in total. The monoisotopic (exact) mass is 435 g/mol. The molecule has 0 saturated heterocycles. The lowest BCUT2D eigenvalue weighted by molar-refractivity contribution is 0.206. The molecule has 0 aromatic carbocycles. The van der Waals surface area contributed by atoms with E-state index >= 15 is 0 Å². The maximum atomic E-state index is 14.6. The Kier molecular flexibility index (Phi) is 5.90. The number of urea groups is 1. The second kappa shape index (κ2) is 8.59. The van der Waals surface area contributed by atoms with Crippen LogP contribution in [-0.2, 0) is 0 Å². The van der Waals surface area contributed by atoms with Gasteiger partial charge < -0.3 is 31.5 Å². The van der Waals surface area contributed by atoms with Crippen molar-refractivity contribution in [3.8, 4) is 0 Å². The predicted molar refractivity (Wildman–Crippen MR) is 115 cm³/mol. The summed E-state index contributed by atoms with van der Waals surface area (Å²) < 4.78 is 14.6. The van der Waals surface area contributed by atoms with Gasteiger partial charge in [-0.05, 0) is 31.8 Å². The van der Waals surface area contributed by atoms with Crippen molar-refractivity contribution in [2.45, 2.75) is 43.9 Å². The molecule has 0 spiro atoms. The van der Waals surface area contributed by atoms with Crippen LogP contribution in [0.15, 0.2) is 50.9 Å². The van der Waals surface area contributed by atoms with Crippen LogP contribution in [-0.4, -0.2) is 56.0 Å². The zero-order valence-corrected chi connectivity index (χ0v) is 17.8. The maximum absolute atomic E-state index is 14.6. The Hall–Kier alpha value is -2.68. The van der Waals surface area contributed by atoms with E-state index in [2.05, 4.69) is 31.6 Å². The fourth-order valence-electron chi connectivity index (χ4n) is 4.03. The van der Waals surface area contributed by atoms with Crippen molar-refractivity contribution in [1.29, 1.82) is 0 Å². The molecule has 1 fully saturated rings. The normalized spacial score (nSPS) is 30.3. The topological polar surface area (TPSA) is 92.8 Å². The first-order valence-electron chi connectivity index (χ1n) is 10.2. The molecule has 162 valence electrons. The van der Waals surface area contributed by atoms with Crippen LogP contribution in [0, 0.1) is 0 Å². The van der Waals surface area contributed by atoms with Crippen molar-refractivity contribution in [3.63, 3.8) is 0 Å². The van der Waals surface area contributed by atoms with E-state index in [1.807, 2.05) is 6.08 Å². The van der Waals surface area contributed by atoms with Crippen LogP contribution in [0.3, 0.4) is 0 Å². The molecule has 4 aliphatic rings. The van der Waals surface area contributed by atoms with Crippen LogP contribution in [0.4, 0.5) is 9.18 Å². The molecule has 3 aliphatic heterocycles. The van der Waals surface area contributed by atoms with Gasteiger partial charge in [-0.2, -0.15) is 0 Å². The number of rotatable bonds is 3. The molecule has 3 atom stereocenters. The van der Waals surface area contributed by atoms with Crippen LogP contribution in [0.1, 0.15) is 25.7 Å². The zero-order chi connectivity index (χ0) is 21.3. The number of nitrogens with zero attached hydrogens (tertiary/aromatic N) is 2. The minimum atomic E-state index is -0.279. The molecule has 10 heteroatoms. The van der Waals surface area contributed by atoms with Gasteiger partial charge in [-0.25, -0.2) is 9.18 Å². The number of dihydropyridines is 1. The molecule has 2 amide bonds. The Morgan fingerprint density at radius 2 is 2.13 bits per heavy atom.